The molecule has 0 spiro atoms. The van der Waals surface area contributed by atoms with Gasteiger partial charge >= 0.3 is 30.3 Å². The van der Waals surface area contributed by atoms with Crippen LogP contribution in [0.4, 0.5) is 26.3 Å². The summed E-state index contributed by atoms with van der Waals surface area (Å²) in [6.07, 6.45) is -14.3. The average Bonchev–Trinajstić information content (AvgIpc) is 3.73. The van der Waals surface area contributed by atoms with Gasteiger partial charge in [0.05, 0.1) is 29.0 Å². The van der Waals surface area contributed by atoms with Gasteiger partial charge in [-0.3, -0.25) is 4.79 Å². The summed E-state index contributed by atoms with van der Waals surface area (Å²) in [5.41, 5.74) is 1.84. The summed E-state index contributed by atoms with van der Waals surface area (Å²) in [4.78, 5) is 42.0. The zero-order chi connectivity index (χ0) is 50.7. The van der Waals surface area contributed by atoms with E-state index in [-0.39, 0.29) is 12.6 Å². The topological polar surface area (TPSA) is 161 Å². The number of aryl methyl sites for hydroxylation is 2. The number of oxime groups is 1. The Morgan fingerprint density at radius 1 is 0.826 bits per heavy atom. The molecule has 364 valence electrons. The number of allylic oxidation sites excluding steroid dienone is 1. The van der Waals surface area contributed by atoms with E-state index in [4.69, 9.17) is 23.8 Å². The first-order valence-electron chi connectivity index (χ1n) is 21.1. The summed E-state index contributed by atoms with van der Waals surface area (Å²) in [5, 5.41) is 18.0. The normalized spacial score (nSPS) is 15.9. The summed E-state index contributed by atoms with van der Waals surface area (Å²) >= 11 is 0. The quantitative estimate of drug-likeness (QED) is 0.0245. The van der Waals surface area contributed by atoms with Crippen molar-refractivity contribution >= 4 is 24.1 Å². The van der Waals surface area contributed by atoms with Gasteiger partial charge in [-0.25, -0.2) is 14.3 Å². The van der Waals surface area contributed by atoms with Crippen molar-refractivity contribution in [2.45, 2.75) is 78.3 Å². The Kier molecular flexibility index (Phi) is 16.7. The van der Waals surface area contributed by atoms with Crippen LogP contribution in [0, 0.1) is 35.5 Å². The van der Waals surface area contributed by atoms with Gasteiger partial charge in [0.25, 0.3) is 6.10 Å². The van der Waals surface area contributed by atoms with E-state index >= 15 is 0 Å². The van der Waals surface area contributed by atoms with Crippen molar-refractivity contribution in [3.8, 4) is 29.2 Å². The van der Waals surface area contributed by atoms with E-state index in [0.29, 0.717) is 40.3 Å². The third-order valence-corrected chi connectivity index (χ3v) is 10.2. The molecule has 1 aliphatic carbocycles. The van der Waals surface area contributed by atoms with Crippen molar-refractivity contribution in [1.82, 2.24) is 9.78 Å². The first-order chi connectivity index (χ1) is 32.4. The highest BCUT2D eigenvalue weighted by Gasteiger charge is 2.62. The molecule has 0 N–H and O–H groups in total. The summed E-state index contributed by atoms with van der Waals surface area (Å²) in [6, 6.07) is 33.5. The number of nitrogens with zero attached hydrogens (tertiary/aromatic N) is 4. The maximum absolute atomic E-state index is 12.8. The summed E-state index contributed by atoms with van der Waals surface area (Å²) in [5.74, 6) is -2.50. The second-order valence-corrected chi connectivity index (χ2v) is 17.1. The molecule has 1 saturated carbocycles. The van der Waals surface area contributed by atoms with Crippen LogP contribution >= 0.6 is 0 Å². The van der Waals surface area contributed by atoms with Crippen LogP contribution < -0.4 is 9.47 Å². The third-order valence-electron chi connectivity index (χ3n) is 10.2. The van der Waals surface area contributed by atoms with E-state index < -0.39 is 59.4 Å². The largest absolute Gasteiger partial charge is 0.457 e. The van der Waals surface area contributed by atoms with Gasteiger partial charge in [-0.05, 0) is 93.1 Å². The van der Waals surface area contributed by atoms with Crippen LogP contribution in [-0.4, -0.2) is 58.0 Å². The fourth-order valence-corrected chi connectivity index (χ4v) is 6.67. The monoisotopic (exact) mass is 962 g/mol. The predicted octanol–water partition coefficient (Wildman–Crippen LogP) is 11.5. The SMILES string of the molecule is CC1(C)C(/C=C\C(=O)OC(C(F)(F)F)C(F)(F)F)C1C(=O)OC(C#N)c1cccc(Oc2ccccc2)c1.Cc1nn(C)c(Oc2ccccc2)c1/C=N/OCc1ccc(C(=O)OC(C)(C)C)cc1. The van der Waals surface area contributed by atoms with Crippen molar-refractivity contribution in [2.24, 2.45) is 29.5 Å². The Bertz CT molecular complexity index is 2640. The fraction of sp³-hybridized carbons (Fsp3) is 0.320. The first-order valence-corrected chi connectivity index (χ1v) is 21.1. The molecule has 0 amide bonds. The van der Waals surface area contributed by atoms with Crippen LogP contribution in [0.25, 0.3) is 0 Å². The number of para-hydroxylation sites is 2. The molecule has 0 radical (unpaired) electrons. The molecule has 1 heterocycles. The van der Waals surface area contributed by atoms with Gasteiger partial charge in [0, 0.05) is 18.7 Å². The molecule has 6 rings (SSSR count). The number of esters is 3. The van der Waals surface area contributed by atoms with Gasteiger partial charge in [0.2, 0.25) is 12.0 Å². The number of ether oxygens (including phenoxy) is 5. The molecule has 0 saturated heterocycles. The predicted molar refractivity (Wildman–Crippen MR) is 238 cm³/mol. The minimum absolute atomic E-state index is 0.263. The van der Waals surface area contributed by atoms with Crippen LogP contribution in [0.1, 0.15) is 73.5 Å². The minimum Gasteiger partial charge on any atom is -0.457 e. The van der Waals surface area contributed by atoms with Crippen molar-refractivity contribution in [3.63, 3.8) is 0 Å². The fourth-order valence-electron chi connectivity index (χ4n) is 6.67. The summed E-state index contributed by atoms with van der Waals surface area (Å²) in [7, 11) is 1.82. The number of benzene rings is 4. The van der Waals surface area contributed by atoms with Crippen molar-refractivity contribution in [1.29, 1.82) is 5.26 Å². The van der Waals surface area contributed by atoms with E-state index in [2.05, 4.69) is 15.0 Å². The highest BCUT2D eigenvalue weighted by Crippen LogP contribution is 2.60. The number of nitriles is 1. The maximum atomic E-state index is 12.8. The number of hydrogen-bond donors (Lipinski definition) is 0. The number of carbonyl (C=O) groups is 3. The standard InChI is InChI=1S/C26H21F6NO5.C24H27N3O4/c1-24(2)18(11-12-20(34)38-23(25(27,28)29)26(30,31)32)21(24)22(35)37-19(14-33)15-7-6-10-17(13-15)36-16-8-4-3-5-9-16;1-17-21(22(27(5)26-17)30-20-9-7-6-8-10-20)15-25-29-16-18-11-13-19(14-12-18)23(28)31-24(2,3)4/h3-13,18-19,21,23H,1-2H3;6-15H,16H2,1-5H3/b12-11-;25-15+. The maximum Gasteiger partial charge on any atom is 0.434 e. The van der Waals surface area contributed by atoms with Gasteiger partial charge in [-0.15, -0.1) is 0 Å². The van der Waals surface area contributed by atoms with E-state index in [0.717, 1.165) is 22.9 Å². The molecule has 13 nitrogen and oxygen atoms in total. The number of rotatable bonds is 15. The lowest BCUT2D eigenvalue weighted by molar-refractivity contribution is -0.312. The number of hydrogen-bond acceptors (Lipinski definition) is 12. The molecule has 1 aliphatic rings. The van der Waals surface area contributed by atoms with Crippen molar-refractivity contribution in [2.75, 3.05) is 0 Å². The Morgan fingerprint density at radius 3 is 1.97 bits per heavy atom. The summed E-state index contributed by atoms with van der Waals surface area (Å²) < 4.78 is 103. The van der Waals surface area contributed by atoms with Crippen molar-refractivity contribution < 1.29 is 69.2 Å². The van der Waals surface area contributed by atoms with Gasteiger partial charge in [-0.2, -0.15) is 36.7 Å². The number of aromatic nitrogens is 2. The van der Waals surface area contributed by atoms with E-state index in [9.17, 15) is 46.0 Å². The van der Waals surface area contributed by atoms with Gasteiger partial charge in [0.1, 0.15) is 35.5 Å². The Labute approximate surface area is 393 Å². The molecular weight excluding hydrogens is 915 g/mol. The Morgan fingerprint density at radius 2 is 1.41 bits per heavy atom. The number of carbonyl (C=O) groups excluding carboxylic acids is 3. The molecule has 0 bridgehead atoms. The lowest BCUT2D eigenvalue weighted by atomic mass is 10.1. The van der Waals surface area contributed by atoms with Crippen LogP contribution in [0.3, 0.4) is 0 Å². The Hall–Kier alpha value is -7.62. The smallest absolute Gasteiger partial charge is 0.434 e. The molecule has 1 fully saturated rings. The molecule has 0 aliphatic heterocycles. The number of alkyl halides is 6. The molecule has 3 atom stereocenters. The average molecular weight is 963 g/mol. The molecule has 5 aromatic rings. The van der Waals surface area contributed by atoms with Crippen molar-refractivity contribution in [3.05, 3.63) is 149 Å². The minimum atomic E-state index is -5.84. The number of halogens is 6. The molecule has 69 heavy (non-hydrogen) atoms. The second kappa shape index (κ2) is 22.0. The molecule has 3 unspecified atom stereocenters. The lowest BCUT2D eigenvalue weighted by Crippen LogP contribution is -2.45. The molecule has 4 aromatic carbocycles. The second-order valence-electron chi connectivity index (χ2n) is 17.1. The zero-order valence-electron chi connectivity index (χ0n) is 38.4. The highest BCUT2D eigenvalue weighted by atomic mass is 19.4. The summed E-state index contributed by atoms with van der Waals surface area (Å²) in [6.45, 7) is 10.8. The van der Waals surface area contributed by atoms with Gasteiger partial charge in [-0.1, -0.05) is 85.7 Å². The van der Waals surface area contributed by atoms with E-state index in [1.165, 1.54) is 6.07 Å². The molecule has 1 aromatic heterocycles. The van der Waals surface area contributed by atoms with Crippen LogP contribution in [0.2, 0.25) is 0 Å². The lowest BCUT2D eigenvalue weighted by Gasteiger charge is -2.22. The zero-order valence-corrected chi connectivity index (χ0v) is 38.4. The van der Waals surface area contributed by atoms with E-state index in [1.807, 2.05) is 83.3 Å². The van der Waals surface area contributed by atoms with Gasteiger partial charge < -0.3 is 28.5 Å². The molecule has 19 heteroatoms. The highest BCUT2D eigenvalue weighted by molar-refractivity contribution is 5.89. The third kappa shape index (κ3) is 14.9. The molecular formula is C50H48F6N4O9. The van der Waals surface area contributed by atoms with Gasteiger partial charge in [0.15, 0.2) is 0 Å². The van der Waals surface area contributed by atoms with Crippen LogP contribution in [-0.2, 0) is 42.3 Å². The first kappa shape index (κ1) is 52.4. The van der Waals surface area contributed by atoms with Crippen LogP contribution in [0.5, 0.6) is 23.1 Å². The van der Waals surface area contributed by atoms with E-state index in [1.54, 1.807) is 85.4 Å². The Balaban J connectivity index is 0.000000263. The van der Waals surface area contributed by atoms with Crippen LogP contribution in [0.15, 0.2) is 127 Å².